The molecule has 0 bridgehead atoms. The van der Waals surface area contributed by atoms with Crippen LogP contribution in [0.15, 0.2) is 84.9 Å². The highest BCUT2D eigenvalue weighted by Crippen LogP contribution is 2.39. The molecule has 40 heavy (non-hydrogen) atoms. The number of anilines is 4. The number of methoxy groups -OCH3 is 1. The SMILES string of the molecule is COc1cc(Oc2ccc(N(c3ccc(C)cc3)S(=O)O)c(C(=O)O)c2)ccc1N(c1ccc(C)cc1)S(=O)O. The fourth-order valence-corrected chi connectivity index (χ4v) is 5.19. The molecule has 0 spiro atoms. The fourth-order valence-electron chi connectivity index (χ4n) is 3.94. The van der Waals surface area contributed by atoms with Gasteiger partial charge < -0.3 is 14.6 Å². The summed E-state index contributed by atoms with van der Waals surface area (Å²) >= 11 is -4.96. The third-order valence-corrected chi connectivity index (χ3v) is 7.31. The summed E-state index contributed by atoms with van der Waals surface area (Å²) in [5, 5.41) is 9.89. The molecule has 208 valence electrons. The van der Waals surface area contributed by atoms with Crippen LogP contribution in [0.5, 0.6) is 17.2 Å². The van der Waals surface area contributed by atoms with E-state index in [1.54, 1.807) is 48.5 Å². The van der Waals surface area contributed by atoms with Crippen molar-refractivity contribution in [2.45, 2.75) is 13.8 Å². The van der Waals surface area contributed by atoms with Gasteiger partial charge in [0, 0.05) is 6.07 Å². The number of benzene rings is 4. The third-order valence-electron chi connectivity index (χ3n) is 5.87. The number of ether oxygens (including phenoxy) is 2. The Morgan fingerprint density at radius 3 is 1.60 bits per heavy atom. The number of aromatic carboxylic acids is 1. The first-order chi connectivity index (χ1) is 19.1. The number of rotatable bonds is 10. The van der Waals surface area contributed by atoms with Crippen LogP contribution in [0.1, 0.15) is 21.5 Å². The van der Waals surface area contributed by atoms with Crippen molar-refractivity contribution in [3.05, 3.63) is 102 Å². The maximum Gasteiger partial charge on any atom is 0.337 e. The number of carboxylic acids is 1. The number of carbonyl (C=O) groups is 1. The summed E-state index contributed by atoms with van der Waals surface area (Å²) in [7, 11) is 1.40. The zero-order valence-corrected chi connectivity index (χ0v) is 23.3. The zero-order chi connectivity index (χ0) is 29.0. The van der Waals surface area contributed by atoms with Crippen molar-refractivity contribution >= 4 is 51.3 Å². The van der Waals surface area contributed by atoms with E-state index in [4.69, 9.17) is 9.47 Å². The van der Waals surface area contributed by atoms with E-state index < -0.39 is 28.5 Å². The van der Waals surface area contributed by atoms with Crippen molar-refractivity contribution < 1.29 is 36.9 Å². The lowest BCUT2D eigenvalue weighted by atomic mass is 10.1. The van der Waals surface area contributed by atoms with Gasteiger partial charge in [-0.15, -0.1) is 0 Å². The van der Waals surface area contributed by atoms with Crippen LogP contribution in [0.4, 0.5) is 22.7 Å². The van der Waals surface area contributed by atoms with Gasteiger partial charge in [-0.25, -0.2) is 21.8 Å². The minimum absolute atomic E-state index is 0.00312. The highest BCUT2D eigenvalue weighted by molar-refractivity contribution is 7.81. The Hall–Kier alpha value is -4.23. The number of hydrogen-bond donors (Lipinski definition) is 3. The lowest BCUT2D eigenvalue weighted by Crippen LogP contribution is -2.21. The van der Waals surface area contributed by atoms with E-state index in [1.807, 2.05) is 26.0 Å². The lowest BCUT2D eigenvalue weighted by Gasteiger charge is -2.23. The summed E-state index contributed by atoms with van der Waals surface area (Å²) in [6.45, 7) is 3.77. The van der Waals surface area contributed by atoms with Gasteiger partial charge in [0.05, 0.1) is 35.4 Å². The van der Waals surface area contributed by atoms with Crippen LogP contribution in [0.2, 0.25) is 0 Å². The van der Waals surface area contributed by atoms with Crippen LogP contribution in [-0.4, -0.2) is 35.7 Å². The summed E-state index contributed by atoms with van der Waals surface area (Å²) in [6.07, 6.45) is 0. The standard InChI is InChI=1S/C28H26N2O8S2/c1-18-4-8-20(9-5-18)29(39(33)34)25-14-12-22(16-24(25)28(31)32)38-23-13-15-26(27(17-23)37-3)30(40(35)36)21-10-6-19(2)7-11-21/h4-17H,1-3H3,(H,31,32)(H,33,34)(H,35,36). The van der Waals surface area contributed by atoms with E-state index in [2.05, 4.69) is 0 Å². The molecule has 0 aromatic heterocycles. The van der Waals surface area contributed by atoms with Gasteiger partial charge in [0.25, 0.3) is 22.5 Å². The topological polar surface area (TPSA) is 137 Å². The molecule has 4 aromatic carbocycles. The van der Waals surface area contributed by atoms with Gasteiger partial charge in [0.15, 0.2) is 0 Å². The Morgan fingerprint density at radius 1 is 0.700 bits per heavy atom. The van der Waals surface area contributed by atoms with E-state index in [-0.39, 0.29) is 28.5 Å². The van der Waals surface area contributed by atoms with Crippen LogP contribution in [0, 0.1) is 13.8 Å². The normalized spacial score (nSPS) is 12.3. The third kappa shape index (κ3) is 6.32. The predicted octanol–water partition coefficient (Wildman–Crippen LogP) is 6.35. The molecular formula is C28H26N2O8S2. The molecule has 0 radical (unpaired) electrons. The maximum absolute atomic E-state index is 12.2. The van der Waals surface area contributed by atoms with E-state index in [0.717, 1.165) is 15.4 Å². The summed E-state index contributed by atoms with van der Waals surface area (Å²) in [5.74, 6) is -0.685. The molecule has 0 amide bonds. The molecule has 4 rings (SSSR count). The fraction of sp³-hybridized carbons (Fsp3) is 0.107. The second-order valence-electron chi connectivity index (χ2n) is 8.64. The van der Waals surface area contributed by atoms with Gasteiger partial charge in [-0.1, -0.05) is 35.4 Å². The highest BCUT2D eigenvalue weighted by atomic mass is 32.2. The zero-order valence-electron chi connectivity index (χ0n) is 21.7. The van der Waals surface area contributed by atoms with E-state index in [9.17, 15) is 27.4 Å². The van der Waals surface area contributed by atoms with Crippen molar-refractivity contribution in [1.82, 2.24) is 0 Å². The van der Waals surface area contributed by atoms with E-state index in [0.29, 0.717) is 17.1 Å². The van der Waals surface area contributed by atoms with Gasteiger partial charge in [0.1, 0.15) is 17.2 Å². The highest BCUT2D eigenvalue weighted by Gasteiger charge is 2.24. The van der Waals surface area contributed by atoms with Crippen molar-refractivity contribution in [2.75, 3.05) is 15.7 Å². The summed E-state index contributed by atoms with van der Waals surface area (Å²) in [4.78, 5) is 12.1. The van der Waals surface area contributed by atoms with E-state index in [1.165, 1.54) is 35.7 Å². The van der Waals surface area contributed by atoms with Crippen molar-refractivity contribution in [3.63, 3.8) is 0 Å². The molecule has 0 aliphatic heterocycles. The van der Waals surface area contributed by atoms with Crippen molar-refractivity contribution in [2.24, 2.45) is 0 Å². The molecule has 3 N–H and O–H groups in total. The average molecular weight is 583 g/mol. The quantitative estimate of drug-likeness (QED) is 0.184. The number of carboxylic acid groups (broad SMARTS) is 1. The first-order valence-electron chi connectivity index (χ1n) is 11.8. The maximum atomic E-state index is 12.2. The molecule has 0 fully saturated rings. The monoisotopic (exact) mass is 582 g/mol. The van der Waals surface area contributed by atoms with Gasteiger partial charge >= 0.3 is 5.97 Å². The van der Waals surface area contributed by atoms with Crippen LogP contribution >= 0.6 is 0 Å². The lowest BCUT2D eigenvalue weighted by molar-refractivity contribution is 0.0697. The minimum atomic E-state index is -2.55. The first kappa shape index (κ1) is 28.8. The van der Waals surface area contributed by atoms with Gasteiger partial charge in [-0.05, 0) is 68.4 Å². The smallest absolute Gasteiger partial charge is 0.337 e. The molecule has 0 heterocycles. The first-order valence-corrected chi connectivity index (χ1v) is 13.9. The van der Waals surface area contributed by atoms with Crippen LogP contribution < -0.4 is 18.1 Å². The predicted molar refractivity (Wildman–Crippen MR) is 155 cm³/mol. The Morgan fingerprint density at radius 2 is 1.15 bits per heavy atom. The molecule has 4 aromatic rings. The van der Waals surface area contributed by atoms with Crippen LogP contribution in [-0.2, 0) is 22.5 Å². The Bertz CT molecular complexity index is 1580. The molecule has 10 nitrogen and oxygen atoms in total. The number of nitrogens with zero attached hydrogens (tertiary/aromatic N) is 2. The summed E-state index contributed by atoms with van der Waals surface area (Å²) < 4.78 is 58.0. The van der Waals surface area contributed by atoms with Crippen LogP contribution in [0.25, 0.3) is 0 Å². The molecule has 0 aliphatic rings. The molecule has 0 saturated carbocycles. The van der Waals surface area contributed by atoms with Gasteiger partial charge in [0.2, 0.25) is 0 Å². The molecular weight excluding hydrogens is 556 g/mol. The van der Waals surface area contributed by atoms with Crippen molar-refractivity contribution in [1.29, 1.82) is 0 Å². The molecule has 2 unspecified atom stereocenters. The second-order valence-corrected chi connectivity index (χ2v) is 10.3. The molecule has 2 atom stereocenters. The van der Waals surface area contributed by atoms with E-state index >= 15 is 0 Å². The van der Waals surface area contributed by atoms with Crippen molar-refractivity contribution in [3.8, 4) is 17.2 Å². The Labute approximate surface area is 236 Å². The summed E-state index contributed by atoms with van der Waals surface area (Å²) in [5.41, 5.74) is 2.77. The van der Waals surface area contributed by atoms with Crippen LogP contribution in [0.3, 0.4) is 0 Å². The van der Waals surface area contributed by atoms with Gasteiger partial charge in [-0.3, -0.25) is 9.11 Å². The summed E-state index contributed by atoms with van der Waals surface area (Å²) in [6, 6.07) is 22.5. The molecule has 0 aliphatic carbocycles. The molecule has 0 saturated heterocycles. The Kier molecular flexibility index (Phi) is 8.85. The number of hydrogen-bond acceptors (Lipinski definition) is 5. The number of aryl methyl sites for hydroxylation is 2. The van der Waals surface area contributed by atoms with Gasteiger partial charge in [-0.2, -0.15) is 0 Å². The Balaban J connectivity index is 1.68. The minimum Gasteiger partial charge on any atom is -0.494 e. The largest absolute Gasteiger partial charge is 0.494 e. The molecule has 12 heteroatoms. The second kappa shape index (κ2) is 12.3. The average Bonchev–Trinajstić information content (AvgIpc) is 2.92.